The SMILES string of the molecule is CC(=O)/C(=N/O[C@H]1CC[C@@H](C)CC1)C(=O)O. The van der Waals surface area contributed by atoms with Gasteiger partial charge in [0.25, 0.3) is 0 Å². The van der Waals surface area contributed by atoms with Crippen LogP contribution in [0, 0.1) is 5.92 Å². The van der Waals surface area contributed by atoms with Crippen LogP contribution in [0.1, 0.15) is 39.5 Å². The summed E-state index contributed by atoms with van der Waals surface area (Å²) >= 11 is 0. The molecule has 0 heterocycles. The van der Waals surface area contributed by atoms with Gasteiger partial charge in [-0.2, -0.15) is 0 Å². The molecule has 0 aliphatic heterocycles. The number of oxime groups is 1. The number of hydrogen-bond acceptors (Lipinski definition) is 4. The molecular formula is C11H17NO4. The van der Waals surface area contributed by atoms with Crippen molar-refractivity contribution in [3.05, 3.63) is 0 Å². The lowest BCUT2D eigenvalue weighted by Crippen LogP contribution is -2.24. The van der Waals surface area contributed by atoms with Crippen LogP contribution in [0.3, 0.4) is 0 Å². The molecule has 1 aliphatic carbocycles. The van der Waals surface area contributed by atoms with Crippen LogP contribution in [0.2, 0.25) is 0 Å². The van der Waals surface area contributed by atoms with Gasteiger partial charge < -0.3 is 9.94 Å². The van der Waals surface area contributed by atoms with Gasteiger partial charge in [0.1, 0.15) is 6.10 Å². The number of ketones is 1. The van der Waals surface area contributed by atoms with Gasteiger partial charge in [-0.05, 0) is 31.6 Å². The van der Waals surface area contributed by atoms with E-state index >= 15 is 0 Å². The molecule has 0 aromatic rings. The highest BCUT2D eigenvalue weighted by Crippen LogP contribution is 2.25. The quantitative estimate of drug-likeness (QED) is 0.449. The number of rotatable bonds is 4. The first-order valence-corrected chi connectivity index (χ1v) is 5.48. The first-order chi connectivity index (χ1) is 7.50. The second-order valence-corrected chi connectivity index (χ2v) is 4.29. The monoisotopic (exact) mass is 227 g/mol. The molecule has 1 saturated carbocycles. The Morgan fingerprint density at radius 3 is 2.25 bits per heavy atom. The molecule has 1 fully saturated rings. The number of hydrogen-bond donors (Lipinski definition) is 1. The molecule has 0 spiro atoms. The van der Waals surface area contributed by atoms with Crippen molar-refractivity contribution >= 4 is 17.5 Å². The Kier molecular flexibility index (Phi) is 4.46. The number of carbonyl (C=O) groups is 2. The van der Waals surface area contributed by atoms with Crippen LogP contribution in [0.25, 0.3) is 0 Å². The summed E-state index contributed by atoms with van der Waals surface area (Å²) in [7, 11) is 0. The van der Waals surface area contributed by atoms with E-state index < -0.39 is 17.5 Å². The zero-order valence-electron chi connectivity index (χ0n) is 9.60. The van der Waals surface area contributed by atoms with Gasteiger partial charge in [0.15, 0.2) is 5.78 Å². The Morgan fingerprint density at radius 1 is 1.25 bits per heavy atom. The maximum atomic E-state index is 10.9. The number of Topliss-reactive ketones (excluding diaryl/α,β-unsaturated/α-hetero) is 1. The molecule has 0 saturated heterocycles. The van der Waals surface area contributed by atoms with E-state index in [1.54, 1.807) is 0 Å². The maximum Gasteiger partial charge on any atom is 0.361 e. The van der Waals surface area contributed by atoms with Crippen molar-refractivity contribution in [1.82, 2.24) is 0 Å². The van der Waals surface area contributed by atoms with Gasteiger partial charge in [-0.1, -0.05) is 12.1 Å². The van der Waals surface area contributed by atoms with Crippen LogP contribution in [0.15, 0.2) is 5.16 Å². The molecule has 1 N–H and O–H groups in total. The van der Waals surface area contributed by atoms with Gasteiger partial charge in [-0.3, -0.25) is 4.79 Å². The first-order valence-electron chi connectivity index (χ1n) is 5.48. The van der Waals surface area contributed by atoms with Gasteiger partial charge >= 0.3 is 5.97 Å². The largest absolute Gasteiger partial charge is 0.476 e. The second kappa shape index (κ2) is 5.63. The highest BCUT2D eigenvalue weighted by Gasteiger charge is 2.21. The topological polar surface area (TPSA) is 76.0 Å². The average Bonchev–Trinajstić information content (AvgIpc) is 2.20. The highest BCUT2D eigenvalue weighted by molar-refractivity contribution is 6.63. The molecule has 0 atom stereocenters. The molecule has 0 amide bonds. The van der Waals surface area contributed by atoms with Crippen LogP contribution in [-0.2, 0) is 14.4 Å². The van der Waals surface area contributed by atoms with E-state index in [0.717, 1.165) is 25.7 Å². The van der Waals surface area contributed by atoms with Crippen molar-refractivity contribution in [1.29, 1.82) is 0 Å². The van der Waals surface area contributed by atoms with E-state index in [0.29, 0.717) is 5.92 Å². The number of carboxylic acids is 1. The number of nitrogens with zero attached hydrogens (tertiary/aromatic N) is 1. The molecule has 5 heteroatoms. The lowest BCUT2D eigenvalue weighted by atomic mass is 9.89. The Bertz CT molecular complexity index is 287. The van der Waals surface area contributed by atoms with Gasteiger partial charge in [0, 0.05) is 6.92 Å². The lowest BCUT2D eigenvalue weighted by Gasteiger charge is -2.24. The summed E-state index contributed by atoms with van der Waals surface area (Å²) in [6.45, 7) is 3.34. The van der Waals surface area contributed by atoms with Gasteiger partial charge in [0.2, 0.25) is 5.71 Å². The number of carboxylic acid groups (broad SMARTS) is 1. The Balaban J connectivity index is 2.50. The average molecular weight is 227 g/mol. The van der Waals surface area contributed by atoms with Crippen LogP contribution in [0.5, 0.6) is 0 Å². The van der Waals surface area contributed by atoms with Crippen molar-refractivity contribution in [3.63, 3.8) is 0 Å². The molecular weight excluding hydrogens is 210 g/mol. The maximum absolute atomic E-state index is 10.9. The summed E-state index contributed by atoms with van der Waals surface area (Å²) in [5.74, 6) is -1.23. The Labute approximate surface area is 94.5 Å². The predicted molar refractivity (Wildman–Crippen MR) is 58.3 cm³/mol. The summed E-state index contributed by atoms with van der Waals surface area (Å²) in [5, 5.41) is 12.1. The van der Waals surface area contributed by atoms with Crippen molar-refractivity contribution in [3.8, 4) is 0 Å². The van der Waals surface area contributed by atoms with Crippen molar-refractivity contribution in [2.24, 2.45) is 11.1 Å². The molecule has 0 aromatic carbocycles. The molecule has 1 rings (SSSR count). The summed E-state index contributed by atoms with van der Waals surface area (Å²) in [6, 6.07) is 0. The Morgan fingerprint density at radius 2 is 1.81 bits per heavy atom. The van der Waals surface area contributed by atoms with Crippen molar-refractivity contribution < 1.29 is 19.5 Å². The van der Waals surface area contributed by atoms with Gasteiger partial charge in [-0.15, -0.1) is 0 Å². The fourth-order valence-corrected chi connectivity index (χ4v) is 1.72. The van der Waals surface area contributed by atoms with E-state index in [9.17, 15) is 9.59 Å². The van der Waals surface area contributed by atoms with Crippen LogP contribution in [-0.4, -0.2) is 28.7 Å². The van der Waals surface area contributed by atoms with E-state index in [2.05, 4.69) is 12.1 Å². The molecule has 0 bridgehead atoms. The summed E-state index contributed by atoms with van der Waals surface area (Å²) in [5.41, 5.74) is -0.529. The molecule has 16 heavy (non-hydrogen) atoms. The standard InChI is InChI=1S/C11H17NO4/c1-7-3-5-9(6-4-7)16-12-10(8(2)13)11(14)15/h7,9H,3-6H2,1-2H3,(H,14,15)/b12-10-/t7-,9+. The summed E-state index contributed by atoms with van der Waals surface area (Å²) in [6.07, 6.45) is 3.81. The van der Waals surface area contributed by atoms with Crippen molar-refractivity contribution in [2.75, 3.05) is 0 Å². The first kappa shape index (κ1) is 12.7. The van der Waals surface area contributed by atoms with Crippen LogP contribution in [0.4, 0.5) is 0 Å². The number of carbonyl (C=O) groups excluding carboxylic acids is 1. The summed E-state index contributed by atoms with van der Waals surface area (Å²) in [4.78, 5) is 26.7. The lowest BCUT2D eigenvalue weighted by molar-refractivity contribution is -0.130. The minimum Gasteiger partial charge on any atom is -0.476 e. The molecule has 0 radical (unpaired) electrons. The van der Waals surface area contributed by atoms with Gasteiger partial charge in [0.05, 0.1) is 0 Å². The predicted octanol–water partition coefficient (Wildman–Crippen LogP) is 1.61. The normalized spacial score (nSPS) is 26.2. The van der Waals surface area contributed by atoms with E-state index in [-0.39, 0.29) is 6.10 Å². The second-order valence-electron chi connectivity index (χ2n) is 4.29. The minimum atomic E-state index is -1.34. The third kappa shape index (κ3) is 3.64. The van der Waals surface area contributed by atoms with E-state index in [4.69, 9.17) is 9.94 Å². The third-order valence-corrected chi connectivity index (χ3v) is 2.79. The zero-order chi connectivity index (χ0) is 12.1. The van der Waals surface area contributed by atoms with Crippen LogP contribution >= 0.6 is 0 Å². The van der Waals surface area contributed by atoms with E-state index in [1.807, 2.05) is 0 Å². The molecule has 1 aliphatic rings. The fourth-order valence-electron chi connectivity index (χ4n) is 1.72. The van der Waals surface area contributed by atoms with Crippen molar-refractivity contribution in [2.45, 2.75) is 45.6 Å². The molecule has 5 nitrogen and oxygen atoms in total. The van der Waals surface area contributed by atoms with E-state index in [1.165, 1.54) is 6.92 Å². The van der Waals surface area contributed by atoms with Gasteiger partial charge in [-0.25, -0.2) is 4.79 Å². The highest BCUT2D eigenvalue weighted by atomic mass is 16.6. The molecule has 0 unspecified atom stereocenters. The third-order valence-electron chi connectivity index (χ3n) is 2.79. The summed E-state index contributed by atoms with van der Waals surface area (Å²) < 4.78 is 0. The Hall–Kier alpha value is -1.39. The van der Waals surface area contributed by atoms with Crippen LogP contribution < -0.4 is 0 Å². The number of aliphatic carboxylic acids is 1. The minimum absolute atomic E-state index is 0.0510. The molecule has 0 aromatic heterocycles. The smallest absolute Gasteiger partial charge is 0.361 e. The molecule has 90 valence electrons. The fraction of sp³-hybridized carbons (Fsp3) is 0.727. The zero-order valence-corrected chi connectivity index (χ0v) is 9.60.